The minimum atomic E-state index is -0.961. The van der Waals surface area contributed by atoms with Gasteiger partial charge in [0.05, 0.1) is 24.0 Å². The molecule has 0 saturated carbocycles. The SMILES string of the molecule is N#Cc1c(SCc2csc(-c3ccc(Cl)cc3)n2)nc2c(c1-c1ccc(OC[C@@H](O)CO)cc1)C(O)CCC2. The lowest BCUT2D eigenvalue weighted by molar-refractivity contribution is 0.0536. The third-order valence-corrected chi connectivity index (χ3v) is 8.61. The zero-order valence-electron chi connectivity index (χ0n) is 20.9. The minimum absolute atomic E-state index is 0.0280. The van der Waals surface area contributed by atoms with Crippen LogP contribution in [-0.2, 0) is 12.2 Å². The normalized spacial score (nSPS) is 15.4. The highest BCUT2D eigenvalue weighted by atomic mass is 35.5. The number of thiazole rings is 1. The number of ether oxygens (including phenoxy) is 1. The van der Waals surface area contributed by atoms with Gasteiger partial charge in [-0.25, -0.2) is 9.97 Å². The summed E-state index contributed by atoms with van der Waals surface area (Å²) in [5.41, 5.74) is 5.33. The van der Waals surface area contributed by atoms with Gasteiger partial charge in [0.1, 0.15) is 34.6 Å². The van der Waals surface area contributed by atoms with Crippen molar-refractivity contribution in [1.29, 1.82) is 5.26 Å². The van der Waals surface area contributed by atoms with Crippen LogP contribution in [0.25, 0.3) is 21.7 Å². The molecule has 3 N–H and O–H groups in total. The maximum absolute atomic E-state index is 10.9. The quantitative estimate of drug-likeness (QED) is 0.213. The molecule has 2 aromatic heterocycles. The first-order valence-corrected chi connectivity index (χ1v) is 14.7. The molecule has 0 fully saturated rings. The summed E-state index contributed by atoms with van der Waals surface area (Å²) in [5, 5.41) is 44.0. The molecule has 2 aromatic carbocycles. The van der Waals surface area contributed by atoms with Gasteiger partial charge in [-0.15, -0.1) is 11.3 Å². The highest BCUT2D eigenvalue weighted by Gasteiger charge is 2.28. The molecule has 1 aliphatic carbocycles. The van der Waals surface area contributed by atoms with Crippen LogP contribution in [0.1, 0.15) is 41.5 Å². The van der Waals surface area contributed by atoms with Gasteiger partial charge in [-0.2, -0.15) is 5.26 Å². The largest absolute Gasteiger partial charge is 0.491 e. The van der Waals surface area contributed by atoms with E-state index in [1.54, 1.807) is 23.5 Å². The first-order chi connectivity index (χ1) is 19.0. The van der Waals surface area contributed by atoms with Gasteiger partial charge in [0.15, 0.2) is 0 Å². The molecule has 7 nitrogen and oxygen atoms in total. The first-order valence-electron chi connectivity index (χ1n) is 12.5. The van der Waals surface area contributed by atoms with Crippen LogP contribution in [0, 0.1) is 11.3 Å². The number of aromatic nitrogens is 2. The van der Waals surface area contributed by atoms with Crippen molar-refractivity contribution in [2.75, 3.05) is 13.2 Å². The predicted molar refractivity (Wildman–Crippen MR) is 153 cm³/mol. The fourth-order valence-corrected chi connectivity index (χ4v) is 6.45. The van der Waals surface area contributed by atoms with Crippen molar-refractivity contribution < 1.29 is 20.1 Å². The molecule has 1 aliphatic rings. The van der Waals surface area contributed by atoms with E-state index in [1.165, 1.54) is 11.8 Å². The molecule has 5 rings (SSSR count). The number of benzene rings is 2. The van der Waals surface area contributed by atoms with Crippen molar-refractivity contribution >= 4 is 34.7 Å². The summed E-state index contributed by atoms with van der Waals surface area (Å²) >= 11 is 9.04. The number of rotatable bonds is 9. The Morgan fingerprint density at radius 1 is 1.13 bits per heavy atom. The lowest BCUT2D eigenvalue weighted by Gasteiger charge is -2.26. The number of aliphatic hydroxyl groups excluding tert-OH is 3. The van der Waals surface area contributed by atoms with Crippen molar-refractivity contribution in [3.8, 4) is 33.5 Å². The van der Waals surface area contributed by atoms with Crippen LogP contribution in [0.5, 0.6) is 5.75 Å². The fraction of sp³-hybridized carbons (Fsp3) is 0.276. The van der Waals surface area contributed by atoms with Gasteiger partial charge in [-0.05, 0) is 49.1 Å². The fourth-order valence-electron chi connectivity index (χ4n) is 4.49. The summed E-state index contributed by atoms with van der Waals surface area (Å²) in [5.74, 6) is 1.08. The van der Waals surface area contributed by atoms with E-state index in [0.717, 1.165) is 40.4 Å². The Kier molecular flexibility index (Phi) is 8.82. The molecular weight excluding hydrogens is 554 g/mol. The summed E-state index contributed by atoms with van der Waals surface area (Å²) in [6.07, 6.45) is 0.518. The van der Waals surface area contributed by atoms with Crippen molar-refractivity contribution in [3.63, 3.8) is 0 Å². The topological polar surface area (TPSA) is 119 Å². The molecule has 39 heavy (non-hydrogen) atoms. The van der Waals surface area contributed by atoms with E-state index in [4.69, 9.17) is 31.4 Å². The van der Waals surface area contributed by atoms with Crippen LogP contribution in [0.2, 0.25) is 5.02 Å². The number of aliphatic hydroxyl groups is 3. The summed E-state index contributed by atoms with van der Waals surface area (Å²) in [7, 11) is 0. The maximum Gasteiger partial charge on any atom is 0.123 e. The maximum atomic E-state index is 10.9. The average Bonchev–Trinajstić information content (AvgIpc) is 3.44. The Morgan fingerprint density at radius 3 is 2.59 bits per heavy atom. The Balaban J connectivity index is 1.44. The number of fused-ring (bicyclic) bond motifs is 1. The van der Waals surface area contributed by atoms with Crippen molar-refractivity contribution in [2.45, 2.75) is 42.2 Å². The number of hydrogen-bond donors (Lipinski definition) is 3. The molecule has 0 saturated heterocycles. The molecule has 0 spiro atoms. The Morgan fingerprint density at radius 2 is 1.87 bits per heavy atom. The highest BCUT2D eigenvalue weighted by Crippen LogP contribution is 2.42. The van der Waals surface area contributed by atoms with Crippen LogP contribution in [-0.4, -0.2) is 44.6 Å². The van der Waals surface area contributed by atoms with E-state index in [9.17, 15) is 15.5 Å². The number of pyridine rings is 1. The standard InChI is InChI=1S/C29H26ClN3O4S2/c30-19-8-4-18(5-9-19)28-32-20(15-38-28)16-39-29-23(12-31)26(27-24(33-29)2-1-3-25(27)36)17-6-10-22(11-7-17)37-14-21(35)13-34/h4-11,15,21,25,34-36H,1-3,13-14,16H2/t21-,25?/m0/s1. The van der Waals surface area contributed by atoms with Crippen LogP contribution >= 0.6 is 34.7 Å². The molecule has 0 bridgehead atoms. The number of aryl methyl sites for hydroxylation is 1. The highest BCUT2D eigenvalue weighted by molar-refractivity contribution is 7.98. The Hall–Kier alpha value is -2.97. The second-order valence-electron chi connectivity index (χ2n) is 9.16. The lowest BCUT2D eigenvalue weighted by Crippen LogP contribution is -2.21. The molecule has 2 atom stereocenters. The third-order valence-electron chi connectivity index (χ3n) is 6.41. The number of hydrogen-bond acceptors (Lipinski definition) is 9. The molecule has 4 aromatic rings. The summed E-state index contributed by atoms with van der Waals surface area (Å²) in [6.45, 7) is -0.408. The van der Waals surface area contributed by atoms with Gasteiger partial charge >= 0.3 is 0 Å². The van der Waals surface area contributed by atoms with E-state index >= 15 is 0 Å². The van der Waals surface area contributed by atoms with E-state index in [0.29, 0.717) is 44.7 Å². The van der Waals surface area contributed by atoms with E-state index in [-0.39, 0.29) is 13.2 Å². The van der Waals surface area contributed by atoms with Gasteiger partial charge in [0, 0.05) is 38.5 Å². The molecule has 2 heterocycles. The molecular formula is C29H26ClN3O4S2. The predicted octanol–water partition coefficient (Wildman–Crippen LogP) is 5.79. The Labute approximate surface area is 239 Å². The van der Waals surface area contributed by atoms with Crippen molar-refractivity contribution in [3.05, 3.63) is 81.4 Å². The second kappa shape index (κ2) is 12.5. The Bertz CT molecular complexity index is 1490. The molecule has 0 aliphatic heterocycles. The van der Waals surface area contributed by atoms with Gasteiger partial charge in [-0.3, -0.25) is 0 Å². The third kappa shape index (κ3) is 6.28. The molecule has 0 amide bonds. The average molecular weight is 580 g/mol. The lowest BCUT2D eigenvalue weighted by atomic mass is 9.85. The van der Waals surface area contributed by atoms with E-state index in [1.807, 2.05) is 41.8 Å². The number of thioether (sulfide) groups is 1. The number of nitriles is 1. The first kappa shape index (κ1) is 27.6. The van der Waals surface area contributed by atoms with Gasteiger partial charge in [-0.1, -0.05) is 47.6 Å². The van der Waals surface area contributed by atoms with Gasteiger partial charge < -0.3 is 20.1 Å². The molecule has 1 unspecified atom stereocenters. The van der Waals surface area contributed by atoms with Crippen molar-refractivity contribution in [1.82, 2.24) is 9.97 Å². The zero-order chi connectivity index (χ0) is 27.4. The van der Waals surface area contributed by atoms with Crippen LogP contribution in [0.4, 0.5) is 0 Å². The zero-order valence-corrected chi connectivity index (χ0v) is 23.3. The van der Waals surface area contributed by atoms with E-state index in [2.05, 4.69) is 6.07 Å². The molecule has 0 radical (unpaired) electrons. The minimum Gasteiger partial charge on any atom is -0.491 e. The summed E-state index contributed by atoms with van der Waals surface area (Å²) in [4.78, 5) is 9.61. The van der Waals surface area contributed by atoms with Crippen molar-refractivity contribution in [2.24, 2.45) is 0 Å². The molecule has 200 valence electrons. The van der Waals surface area contributed by atoms with Gasteiger partial charge in [0.25, 0.3) is 0 Å². The number of nitrogens with zero attached hydrogens (tertiary/aromatic N) is 3. The molecule has 10 heteroatoms. The van der Waals surface area contributed by atoms with E-state index < -0.39 is 12.2 Å². The summed E-state index contributed by atoms with van der Waals surface area (Å²) in [6, 6.07) is 17.1. The number of halogens is 1. The van der Waals surface area contributed by atoms with Gasteiger partial charge in [0.2, 0.25) is 0 Å². The van der Waals surface area contributed by atoms with Crippen LogP contribution in [0.3, 0.4) is 0 Å². The second-order valence-corrected chi connectivity index (χ2v) is 11.4. The summed E-state index contributed by atoms with van der Waals surface area (Å²) < 4.78 is 5.54. The van der Waals surface area contributed by atoms with Crippen LogP contribution in [0.15, 0.2) is 58.9 Å². The van der Waals surface area contributed by atoms with Crippen LogP contribution < -0.4 is 4.74 Å². The smallest absolute Gasteiger partial charge is 0.123 e. The monoisotopic (exact) mass is 579 g/mol.